The zero-order valence-corrected chi connectivity index (χ0v) is 25.3. The molecule has 44 heavy (non-hydrogen) atoms. The number of aromatic nitrogens is 3. The molecule has 0 bridgehead atoms. The molecule has 0 unspecified atom stereocenters. The van der Waals surface area contributed by atoms with Gasteiger partial charge in [0.25, 0.3) is 0 Å². The van der Waals surface area contributed by atoms with Crippen molar-refractivity contribution in [2.24, 2.45) is 5.92 Å². The van der Waals surface area contributed by atoms with Crippen molar-refractivity contribution < 1.29 is 19.0 Å². The maximum Gasteiger partial charge on any atom is 0.319 e. The highest BCUT2D eigenvalue weighted by molar-refractivity contribution is 6.36. The molecule has 3 aliphatic heterocycles. The Balaban J connectivity index is 1.28. The molecule has 3 saturated heterocycles. The monoisotopic (exact) mass is 616 g/mol. The van der Waals surface area contributed by atoms with Crippen molar-refractivity contribution in [3.05, 3.63) is 66.1 Å². The van der Waals surface area contributed by atoms with Gasteiger partial charge >= 0.3 is 6.01 Å². The Kier molecular flexibility index (Phi) is 7.39. The van der Waals surface area contributed by atoms with Gasteiger partial charge in [0.15, 0.2) is 5.82 Å². The largest absolute Gasteiger partial charge is 0.461 e. The van der Waals surface area contributed by atoms with Gasteiger partial charge in [-0.15, -0.1) is 0 Å². The highest BCUT2D eigenvalue weighted by Crippen LogP contribution is 2.40. The lowest BCUT2D eigenvalue weighted by molar-refractivity contribution is -0.131. The smallest absolute Gasteiger partial charge is 0.319 e. The summed E-state index contributed by atoms with van der Waals surface area (Å²) in [5, 5.41) is 12.9. The SMILES string of the molecule is C=CC(=O)N1CC(CN(C)c2nc(OC[C@@]34CCCN3C[C@H](O)C4)nc3c(F)c(-c4cccc5cccc(Cl)c45)ncc23)C1. The molecule has 0 aliphatic carbocycles. The van der Waals surface area contributed by atoms with Crippen LogP contribution < -0.4 is 9.64 Å². The van der Waals surface area contributed by atoms with Gasteiger partial charge in [-0.3, -0.25) is 14.7 Å². The molecule has 3 aliphatic rings. The van der Waals surface area contributed by atoms with E-state index in [2.05, 4.69) is 21.4 Å². The lowest BCUT2D eigenvalue weighted by atomic mass is 9.94. The van der Waals surface area contributed by atoms with Crippen molar-refractivity contribution in [3.63, 3.8) is 0 Å². The third kappa shape index (κ3) is 4.95. The Morgan fingerprint density at radius 2 is 2.05 bits per heavy atom. The fourth-order valence-corrected chi connectivity index (χ4v) is 7.50. The van der Waals surface area contributed by atoms with Crippen molar-refractivity contribution in [2.45, 2.75) is 30.9 Å². The Morgan fingerprint density at radius 1 is 1.25 bits per heavy atom. The molecule has 2 aromatic carbocycles. The molecule has 3 fully saturated rings. The number of benzene rings is 2. The number of fused-ring (bicyclic) bond motifs is 3. The van der Waals surface area contributed by atoms with Crippen molar-refractivity contribution in [1.29, 1.82) is 0 Å². The van der Waals surface area contributed by atoms with Crippen LogP contribution in [-0.4, -0.2) is 93.8 Å². The highest BCUT2D eigenvalue weighted by Gasteiger charge is 2.48. The average Bonchev–Trinajstić information content (AvgIpc) is 3.53. The van der Waals surface area contributed by atoms with Gasteiger partial charge in [0.2, 0.25) is 5.91 Å². The number of likely N-dealkylation sites (tertiary alicyclic amines) is 1. The van der Waals surface area contributed by atoms with Crippen LogP contribution in [0.4, 0.5) is 10.2 Å². The molecule has 2 atom stereocenters. The van der Waals surface area contributed by atoms with Gasteiger partial charge in [0.1, 0.15) is 23.6 Å². The van der Waals surface area contributed by atoms with Crippen LogP contribution in [0.25, 0.3) is 32.9 Å². The molecular weight excluding hydrogens is 583 g/mol. The molecule has 7 rings (SSSR count). The van der Waals surface area contributed by atoms with E-state index in [1.165, 1.54) is 6.08 Å². The van der Waals surface area contributed by atoms with Crippen molar-refractivity contribution >= 4 is 45.0 Å². The summed E-state index contributed by atoms with van der Waals surface area (Å²) in [5.41, 5.74) is 0.547. The van der Waals surface area contributed by atoms with E-state index >= 15 is 4.39 Å². The summed E-state index contributed by atoms with van der Waals surface area (Å²) in [6.07, 6.45) is 5.11. The average molecular weight is 617 g/mol. The second-order valence-corrected chi connectivity index (χ2v) is 12.7. The van der Waals surface area contributed by atoms with Crippen LogP contribution in [0.5, 0.6) is 6.01 Å². The first-order valence-electron chi connectivity index (χ1n) is 15.0. The molecule has 1 N–H and O–H groups in total. The summed E-state index contributed by atoms with van der Waals surface area (Å²) in [6, 6.07) is 11.2. The Hall–Kier alpha value is -3.86. The minimum absolute atomic E-state index is 0.0750. The van der Waals surface area contributed by atoms with E-state index in [0.29, 0.717) is 66.4 Å². The van der Waals surface area contributed by atoms with Crippen molar-refractivity contribution in [1.82, 2.24) is 24.8 Å². The predicted molar refractivity (Wildman–Crippen MR) is 168 cm³/mol. The molecule has 0 saturated carbocycles. The highest BCUT2D eigenvalue weighted by atomic mass is 35.5. The Labute approximate surface area is 259 Å². The van der Waals surface area contributed by atoms with Crippen LogP contribution in [0.2, 0.25) is 5.02 Å². The minimum atomic E-state index is -0.583. The number of carbonyl (C=O) groups is 1. The molecule has 11 heteroatoms. The van der Waals surface area contributed by atoms with Crippen LogP contribution >= 0.6 is 11.6 Å². The van der Waals surface area contributed by atoms with Gasteiger partial charge in [-0.05, 0) is 43.3 Å². The van der Waals surface area contributed by atoms with Gasteiger partial charge in [0.05, 0.1) is 17.0 Å². The lowest BCUT2D eigenvalue weighted by Crippen LogP contribution is -2.53. The van der Waals surface area contributed by atoms with Crippen molar-refractivity contribution in [2.75, 3.05) is 51.3 Å². The lowest BCUT2D eigenvalue weighted by Gasteiger charge is -2.40. The fraction of sp³-hybridized carbons (Fsp3) is 0.394. The zero-order valence-electron chi connectivity index (χ0n) is 24.5. The van der Waals surface area contributed by atoms with Gasteiger partial charge in [-0.1, -0.05) is 48.5 Å². The number of pyridine rings is 1. The number of carbonyl (C=O) groups excluding carboxylic acids is 1. The summed E-state index contributed by atoms with van der Waals surface area (Å²) < 4.78 is 22.9. The van der Waals surface area contributed by atoms with E-state index in [1.54, 1.807) is 17.2 Å². The molecular formula is C33H34ClFN6O3. The van der Waals surface area contributed by atoms with E-state index in [1.807, 2.05) is 42.3 Å². The number of nitrogens with zero attached hydrogens (tertiary/aromatic N) is 6. The van der Waals surface area contributed by atoms with Crippen LogP contribution in [0, 0.1) is 11.7 Å². The number of hydrogen-bond donors (Lipinski definition) is 1. The van der Waals surface area contributed by atoms with Crippen LogP contribution in [0.1, 0.15) is 19.3 Å². The first kappa shape index (κ1) is 28.9. The molecule has 9 nitrogen and oxygen atoms in total. The third-order valence-electron chi connectivity index (χ3n) is 9.35. The normalized spacial score (nSPS) is 21.9. The number of halogens is 2. The molecule has 2 aromatic heterocycles. The second-order valence-electron chi connectivity index (χ2n) is 12.3. The number of aliphatic hydroxyl groups excluding tert-OH is 1. The zero-order chi connectivity index (χ0) is 30.6. The fourth-order valence-electron chi connectivity index (χ4n) is 7.21. The summed E-state index contributed by atoms with van der Waals surface area (Å²) in [4.78, 5) is 31.9. The number of rotatable bonds is 8. The Morgan fingerprint density at radius 3 is 2.84 bits per heavy atom. The number of hydrogen-bond acceptors (Lipinski definition) is 8. The molecule has 228 valence electrons. The first-order valence-corrected chi connectivity index (χ1v) is 15.4. The molecule has 4 aromatic rings. The topological polar surface area (TPSA) is 94.9 Å². The van der Waals surface area contributed by atoms with E-state index in [9.17, 15) is 9.90 Å². The minimum Gasteiger partial charge on any atom is -0.461 e. The standard InChI is InChI=1S/C33H34ClFN6O3/c1-3-26(43)40-16-20(17-40)15-39(2)31-24-14-36-29(23-9-4-7-21-8-5-10-25(34)27(21)23)28(35)30(24)37-32(38-31)44-19-33-11-6-12-41(33)18-22(42)13-33/h3-5,7-10,14,20,22,42H,1,6,11-13,15-19H2,2H3/t22-,33+/m1/s1. The van der Waals surface area contributed by atoms with Gasteiger partial charge in [-0.2, -0.15) is 9.97 Å². The Bertz CT molecular complexity index is 1780. The number of anilines is 1. The summed E-state index contributed by atoms with van der Waals surface area (Å²) in [6.45, 7) is 7.23. The van der Waals surface area contributed by atoms with Gasteiger partial charge in [-0.25, -0.2) is 4.39 Å². The van der Waals surface area contributed by atoms with Crippen molar-refractivity contribution in [3.8, 4) is 17.3 Å². The maximum atomic E-state index is 16.6. The van der Waals surface area contributed by atoms with Gasteiger partial charge in [0, 0.05) is 61.3 Å². The maximum absolute atomic E-state index is 16.6. The molecule has 0 radical (unpaired) electrons. The van der Waals surface area contributed by atoms with Crippen LogP contribution in [-0.2, 0) is 4.79 Å². The number of aliphatic hydroxyl groups is 1. The summed E-state index contributed by atoms with van der Waals surface area (Å²) in [5.74, 6) is 0.0516. The summed E-state index contributed by atoms with van der Waals surface area (Å²) in [7, 11) is 1.89. The van der Waals surface area contributed by atoms with Crippen LogP contribution in [0.15, 0.2) is 55.3 Å². The molecule has 5 heterocycles. The molecule has 0 spiro atoms. The number of ether oxygens (including phenoxy) is 1. The van der Waals surface area contributed by atoms with Crippen LogP contribution in [0.3, 0.4) is 0 Å². The second kappa shape index (κ2) is 11.3. The van der Waals surface area contributed by atoms with E-state index in [0.717, 1.165) is 24.8 Å². The molecule has 1 amide bonds. The predicted octanol–water partition coefficient (Wildman–Crippen LogP) is 4.70. The first-order chi connectivity index (χ1) is 21.3. The third-order valence-corrected chi connectivity index (χ3v) is 9.66. The van der Waals surface area contributed by atoms with E-state index in [4.69, 9.17) is 21.3 Å². The van der Waals surface area contributed by atoms with E-state index < -0.39 is 11.9 Å². The number of amides is 1. The van der Waals surface area contributed by atoms with Gasteiger partial charge < -0.3 is 19.6 Å². The van der Waals surface area contributed by atoms with E-state index in [-0.39, 0.29) is 34.6 Å². The quantitative estimate of drug-likeness (QED) is 0.285. The summed E-state index contributed by atoms with van der Waals surface area (Å²) >= 11 is 6.58. The number of β-amino-alcohol motifs (C(OH)–C–C–N with tert-alkyl or cyclic N) is 1.